The van der Waals surface area contributed by atoms with Crippen LogP contribution in [0.4, 0.5) is 0 Å². The average molecular weight is 333 g/mol. The smallest absolute Gasteiger partial charge is 0.235 e. The molecule has 0 saturated carbocycles. The van der Waals surface area contributed by atoms with E-state index in [4.69, 9.17) is 9.40 Å². The molecule has 6 nitrogen and oxygen atoms in total. The maximum absolute atomic E-state index is 5.36. The molecule has 0 amide bonds. The monoisotopic (exact) mass is 333 g/mol. The van der Waals surface area contributed by atoms with E-state index in [2.05, 4.69) is 21.4 Å². The highest BCUT2D eigenvalue weighted by Gasteiger charge is 2.17. The highest BCUT2D eigenvalue weighted by molar-refractivity contribution is 7.19. The van der Waals surface area contributed by atoms with Crippen LogP contribution in [0.3, 0.4) is 0 Å². The van der Waals surface area contributed by atoms with Crippen LogP contribution in [0.25, 0.3) is 38.0 Å². The summed E-state index contributed by atoms with van der Waals surface area (Å²) in [5.41, 5.74) is 2.68. The molecular weight excluding hydrogens is 322 g/mol. The number of pyridine rings is 1. The Balaban J connectivity index is 1.67. The first kappa shape index (κ1) is 13.4. The minimum atomic E-state index is 0.680. The lowest BCUT2D eigenvalue weighted by atomic mass is 10.2. The van der Waals surface area contributed by atoms with E-state index in [1.54, 1.807) is 10.8 Å². The summed E-state index contributed by atoms with van der Waals surface area (Å²) < 4.78 is 7.10. The highest BCUT2D eigenvalue weighted by Crippen LogP contribution is 2.29. The van der Waals surface area contributed by atoms with Crippen molar-refractivity contribution in [3.05, 3.63) is 54.5 Å². The highest BCUT2D eigenvalue weighted by atomic mass is 32.1. The van der Waals surface area contributed by atoms with E-state index >= 15 is 0 Å². The Morgan fingerprint density at radius 3 is 2.83 bits per heavy atom. The van der Waals surface area contributed by atoms with Crippen LogP contribution in [0.5, 0.6) is 0 Å². The molecular formula is C17H11N5OS. The summed E-state index contributed by atoms with van der Waals surface area (Å²) in [5, 5.41) is 15.0. The van der Waals surface area contributed by atoms with Crippen LogP contribution in [0.1, 0.15) is 5.76 Å². The maximum Gasteiger partial charge on any atom is 0.235 e. The molecule has 0 N–H and O–H groups in total. The number of fused-ring (bicyclic) bond motifs is 2. The Bertz CT molecular complexity index is 1190. The van der Waals surface area contributed by atoms with Gasteiger partial charge in [-0.1, -0.05) is 35.6 Å². The van der Waals surface area contributed by atoms with Gasteiger partial charge in [0.05, 0.1) is 17.3 Å². The van der Waals surface area contributed by atoms with Crippen molar-refractivity contribution in [2.75, 3.05) is 0 Å². The summed E-state index contributed by atoms with van der Waals surface area (Å²) >= 11 is 1.47. The van der Waals surface area contributed by atoms with E-state index in [0.29, 0.717) is 5.82 Å². The van der Waals surface area contributed by atoms with Crippen molar-refractivity contribution in [2.24, 2.45) is 0 Å². The third kappa shape index (κ3) is 1.95. The van der Waals surface area contributed by atoms with Crippen LogP contribution >= 0.6 is 11.3 Å². The van der Waals surface area contributed by atoms with E-state index in [1.165, 1.54) is 11.3 Å². The van der Waals surface area contributed by atoms with Gasteiger partial charge in [-0.2, -0.15) is 9.61 Å². The molecule has 0 aliphatic carbocycles. The van der Waals surface area contributed by atoms with Gasteiger partial charge in [0.25, 0.3) is 0 Å². The molecule has 0 aliphatic heterocycles. The van der Waals surface area contributed by atoms with E-state index in [0.717, 1.165) is 37.9 Å². The van der Waals surface area contributed by atoms with Gasteiger partial charge in [0, 0.05) is 5.39 Å². The molecule has 0 saturated heterocycles. The van der Waals surface area contributed by atoms with Crippen LogP contribution in [-0.2, 0) is 0 Å². The number of nitrogens with zero attached hydrogens (tertiary/aromatic N) is 5. The molecule has 0 aliphatic rings. The minimum absolute atomic E-state index is 0.680. The second-order valence-corrected chi connectivity index (χ2v) is 6.36. The van der Waals surface area contributed by atoms with Crippen molar-refractivity contribution in [1.82, 2.24) is 24.8 Å². The van der Waals surface area contributed by atoms with E-state index in [1.807, 2.05) is 43.3 Å². The average Bonchev–Trinajstić information content (AvgIpc) is 3.30. The molecule has 0 atom stereocenters. The fraction of sp³-hybridized carbons (Fsp3) is 0.0588. The predicted octanol–water partition coefficient (Wildman–Crippen LogP) is 3.97. The lowest BCUT2D eigenvalue weighted by Gasteiger charge is -1.99. The number of aryl methyl sites for hydroxylation is 1. The Morgan fingerprint density at radius 2 is 1.96 bits per heavy atom. The van der Waals surface area contributed by atoms with Crippen molar-refractivity contribution in [2.45, 2.75) is 6.92 Å². The van der Waals surface area contributed by atoms with Crippen LogP contribution in [0.2, 0.25) is 0 Å². The molecule has 4 aromatic heterocycles. The molecule has 0 bridgehead atoms. The maximum atomic E-state index is 5.36. The predicted molar refractivity (Wildman–Crippen MR) is 91.8 cm³/mol. The Labute approximate surface area is 140 Å². The molecule has 5 aromatic rings. The molecule has 1 aromatic carbocycles. The van der Waals surface area contributed by atoms with Crippen molar-refractivity contribution in [3.63, 3.8) is 0 Å². The third-order valence-corrected chi connectivity index (χ3v) is 4.83. The zero-order chi connectivity index (χ0) is 16.1. The fourth-order valence-corrected chi connectivity index (χ4v) is 3.50. The minimum Gasteiger partial charge on any atom is -0.469 e. The Morgan fingerprint density at radius 1 is 1.04 bits per heavy atom. The second-order valence-electron chi connectivity index (χ2n) is 5.40. The zero-order valence-electron chi connectivity index (χ0n) is 12.7. The SMILES string of the molecule is Cc1occc1-c1nnc2sc(-c3ccc4ccccc4n3)nn12. The number of hydrogen-bond donors (Lipinski definition) is 0. The summed E-state index contributed by atoms with van der Waals surface area (Å²) in [6.07, 6.45) is 1.64. The fourth-order valence-electron chi connectivity index (χ4n) is 2.69. The lowest BCUT2D eigenvalue weighted by Crippen LogP contribution is -1.92. The van der Waals surface area contributed by atoms with Crippen molar-refractivity contribution in [3.8, 4) is 22.1 Å². The Kier molecular flexibility index (Phi) is 2.77. The first-order chi connectivity index (χ1) is 11.8. The van der Waals surface area contributed by atoms with Gasteiger partial charge in [-0.25, -0.2) is 4.98 Å². The summed E-state index contributed by atoms with van der Waals surface area (Å²) in [4.78, 5) is 5.43. The van der Waals surface area contributed by atoms with Gasteiger partial charge in [0.1, 0.15) is 11.5 Å². The van der Waals surface area contributed by atoms with Gasteiger partial charge in [-0.05, 0) is 25.1 Å². The van der Waals surface area contributed by atoms with Crippen LogP contribution in [0.15, 0.2) is 53.1 Å². The topological polar surface area (TPSA) is 69.1 Å². The molecule has 0 radical (unpaired) electrons. The van der Waals surface area contributed by atoms with Gasteiger partial charge in [-0.15, -0.1) is 10.2 Å². The molecule has 4 heterocycles. The zero-order valence-corrected chi connectivity index (χ0v) is 13.5. The van der Waals surface area contributed by atoms with Gasteiger partial charge in [0.15, 0.2) is 10.8 Å². The number of aromatic nitrogens is 5. The number of benzene rings is 1. The van der Waals surface area contributed by atoms with Crippen molar-refractivity contribution >= 4 is 27.2 Å². The van der Waals surface area contributed by atoms with Gasteiger partial charge < -0.3 is 4.42 Å². The largest absolute Gasteiger partial charge is 0.469 e. The first-order valence-electron chi connectivity index (χ1n) is 7.42. The van der Waals surface area contributed by atoms with Gasteiger partial charge in [0.2, 0.25) is 4.96 Å². The summed E-state index contributed by atoms with van der Waals surface area (Å²) in [6.45, 7) is 1.90. The van der Waals surface area contributed by atoms with Gasteiger partial charge >= 0.3 is 0 Å². The molecule has 24 heavy (non-hydrogen) atoms. The van der Waals surface area contributed by atoms with Crippen LogP contribution in [-0.4, -0.2) is 24.8 Å². The molecule has 0 spiro atoms. The second kappa shape index (κ2) is 4.97. The molecule has 0 unspecified atom stereocenters. The number of para-hydroxylation sites is 1. The lowest BCUT2D eigenvalue weighted by molar-refractivity contribution is 0.535. The number of furan rings is 1. The van der Waals surface area contributed by atoms with Crippen molar-refractivity contribution < 1.29 is 4.42 Å². The van der Waals surface area contributed by atoms with E-state index in [-0.39, 0.29) is 0 Å². The van der Waals surface area contributed by atoms with E-state index < -0.39 is 0 Å². The quantitative estimate of drug-likeness (QED) is 0.489. The summed E-state index contributed by atoms with van der Waals surface area (Å²) in [5.74, 6) is 1.47. The summed E-state index contributed by atoms with van der Waals surface area (Å²) in [7, 11) is 0. The number of hydrogen-bond acceptors (Lipinski definition) is 6. The number of rotatable bonds is 2. The standard InChI is InChI=1S/C17H11N5OS/c1-10-12(8-9-23-10)15-19-20-17-22(15)21-16(24-17)14-7-6-11-4-2-3-5-13(11)18-14/h2-9H,1H3. The van der Waals surface area contributed by atoms with Crippen LogP contribution in [0, 0.1) is 6.92 Å². The van der Waals surface area contributed by atoms with E-state index in [9.17, 15) is 0 Å². The molecule has 5 rings (SSSR count). The molecule has 0 fully saturated rings. The van der Waals surface area contributed by atoms with Crippen molar-refractivity contribution in [1.29, 1.82) is 0 Å². The first-order valence-corrected chi connectivity index (χ1v) is 8.24. The third-order valence-electron chi connectivity index (χ3n) is 3.91. The van der Waals surface area contributed by atoms with Crippen LogP contribution < -0.4 is 0 Å². The van der Waals surface area contributed by atoms with Gasteiger partial charge in [-0.3, -0.25) is 0 Å². The Hall–Kier alpha value is -3.06. The summed E-state index contributed by atoms with van der Waals surface area (Å²) in [6, 6.07) is 13.9. The normalized spacial score (nSPS) is 11.5. The molecule has 7 heteroatoms. The molecule has 116 valence electrons.